The molecule has 2 rings (SSSR count). The molecule has 142 valence electrons. The molecule has 0 fully saturated rings. The summed E-state index contributed by atoms with van der Waals surface area (Å²) in [7, 11) is 6.20. The third-order valence-electron chi connectivity index (χ3n) is 3.74. The molecule has 0 spiro atoms. The number of benzene rings is 2. The predicted octanol–water partition coefficient (Wildman–Crippen LogP) is 3.66. The Morgan fingerprint density at radius 3 is 1.88 bits per heavy atom. The van der Waals surface area contributed by atoms with Gasteiger partial charge in [0, 0.05) is 5.56 Å². The highest BCUT2D eigenvalue weighted by Crippen LogP contribution is 2.35. The third kappa shape index (κ3) is 5.13. The fourth-order valence-electron chi connectivity index (χ4n) is 2.40. The van der Waals surface area contributed by atoms with Gasteiger partial charge in [-0.3, -0.25) is 4.79 Å². The Bertz CT molecular complexity index is 699. The van der Waals surface area contributed by atoms with Crippen molar-refractivity contribution in [2.24, 2.45) is 0 Å². The second-order valence-corrected chi connectivity index (χ2v) is 5.21. The molecule has 0 aliphatic carbocycles. The van der Waals surface area contributed by atoms with Gasteiger partial charge >= 0.3 is 0 Å². The van der Waals surface area contributed by atoms with Crippen molar-refractivity contribution in [2.45, 2.75) is 19.4 Å². The Morgan fingerprint density at radius 2 is 1.42 bits per heavy atom. The number of aliphatic hydroxyl groups is 1. The summed E-state index contributed by atoms with van der Waals surface area (Å²) in [6.45, 7) is 1.92. The summed E-state index contributed by atoms with van der Waals surface area (Å²) in [6.07, 6.45) is 0.894. The van der Waals surface area contributed by atoms with Crippen molar-refractivity contribution in [3.8, 4) is 23.0 Å². The predicted molar refractivity (Wildman–Crippen MR) is 99.7 cm³/mol. The maximum absolute atomic E-state index is 10.5. The molecule has 0 amide bonds. The van der Waals surface area contributed by atoms with E-state index in [1.54, 1.807) is 32.4 Å². The average molecular weight is 362 g/mol. The largest absolute Gasteiger partial charge is 0.493 e. The van der Waals surface area contributed by atoms with Gasteiger partial charge in [-0.05, 0) is 24.6 Å². The lowest BCUT2D eigenvalue weighted by Crippen LogP contribution is -2.00. The van der Waals surface area contributed by atoms with Crippen molar-refractivity contribution >= 4 is 6.29 Å². The lowest BCUT2D eigenvalue weighted by Gasteiger charge is -2.15. The molecule has 26 heavy (non-hydrogen) atoms. The van der Waals surface area contributed by atoms with Crippen LogP contribution in [0, 0.1) is 0 Å². The van der Waals surface area contributed by atoms with Gasteiger partial charge < -0.3 is 24.1 Å². The first kappa shape index (κ1) is 21.3. The minimum atomic E-state index is -0.500. The lowest BCUT2D eigenvalue weighted by molar-refractivity contribution is 0.112. The van der Waals surface area contributed by atoms with Crippen molar-refractivity contribution in [2.75, 3.05) is 28.4 Å². The molecule has 0 saturated heterocycles. The van der Waals surface area contributed by atoms with Gasteiger partial charge in [-0.15, -0.1) is 0 Å². The molecule has 0 bridgehead atoms. The molecular formula is C20H26O6. The molecule has 0 heterocycles. The second kappa shape index (κ2) is 11.0. The third-order valence-corrected chi connectivity index (χ3v) is 3.74. The Labute approximate surface area is 154 Å². The van der Waals surface area contributed by atoms with E-state index < -0.39 is 6.10 Å². The summed E-state index contributed by atoms with van der Waals surface area (Å²) in [5, 5.41) is 9.73. The molecule has 6 nitrogen and oxygen atoms in total. The van der Waals surface area contributed by atoms with Crippen LogP contribution in [0.3, 0.4) is 0 Å². The maximum atomic E-state index is 10.5. The lowest BCUT2D eigenvalue weighted by atomic mass is 10.1. The van der Waals surface area contributed by atoms with Crippen molar-refractivity contribution in [1.82, 2.24) is 0 Å². The van der Waals surface area contributed by atoms with Gasteiger partial charge in [0.15, 0.2) is 29.3 Å². The molecule has 1 N–H and O–H groups in total. The number of aliphatic hydroxyl groups excluding tert-OH is 1. The van der Waals surface area contributed by atoms with E-state index in [2.05, 4.69) is 0 Å². The van der Waals surface area contributed by atoms with E-state index in [0.29, 0.717) is 35.0 Å². The number of hydrogen-bond donors (Lipinski definition) is 1. The van der Waals surface area contributed by atoms with Gasteiger partial charge in [-0.25, -0.2) is 0 Å². The summed E-state index contributed by atoms with van der Waals surface area (Å²) < 4.78 is 20.3. The topological polar surface area (TPSA) is 74.2 Å². The Kier molecular flexibility index (Phi) is 9.01. The summed E-state index contributed by atoms with van der Waals surface area (Å²) in [4.78, 5) is 10.5. The number of ether oxygens (including phenoxy) is 4. The number of carbonyl (C=O) groups is 1. The Morgan fingerprint density at radius 1 is 0.885 bits per heavy atom. The van der Waals surface area contributed by atoms with Crippen LogP contribution in [0.2, 0.25) is 0 Å². The molecule has 0 aliphatic rings. The first-order valence-electron chi connectivity index (χ1n) is 8.12. The number of rotatable bonds is 7. The van der Waals surface area contributed by atoms with Crippen LogP contribution in [0.15, 0.2) is 36.4 Å². The smallest absolute Gasteiger partial charge is 0.171 e. The molecule has 0 radical (unpaired) electrons. The van der Waals surface area contributed by atoms with Gasteiger partial charge in [0.25, 0.3) is 0 Å². The standard InChI is InChI=1S/C11H16O3.C9H10O3/c1-4-9(12)8-6-5-7-10(13-2)11(8)14-3;1-11-8-5-3-4-7(6-10)9(8)12-2/h5-7,9,12H,4H2,1-3H3;3-6H,1-2H3. The summed E-state index contributed by atoms with van der Waals surface area (Å²) in [6, 6.07) is 10.7. The monoisotopic (exact) mass is 362 g/mol. The van der Waals surface area contributed by atoms with Gasteiger partial charge in [-0.1, -0.05) is 25.1 Å². The highest BCUT2D eigenvalue weighted by atomic mass is 16.5. The van der Waals surface area contributed by atoms with Crippen LogP contribution >= 0.6 is 0 Å². The summed E-state index contributed by atoms with van der Waals surface area (Å²) >= 11 is 0. The highest BCUT2D eigenvalue weighted by molar-refractivity contribution is 5.81. The molecule has 2 aromatic carbocycles. The fourth-order valence-corrected chi connectivity index (χ4v) is 2.40. The van der Waals surface area contributed by atoms with Crippen LogP contribution in [0.4, 0.5) is 0 Å². The van der Waals surface area contributed by atoms with Crippen molar-refractivity contribution in [3.05, 3.63) is 47.5 Å². The van der Waals surface area contributed by atoms with E-state index in [9.17, 15) is 9.90 Å². The quantitative estimate of drug-likeness (QED) is 0.758. The number of hydrogen-bond acceptors (Lipinski definition) is 6. The van der Waals surface area contributed by atoms with Gasteiger partial charge in [0.05, 0.1) is 40.1 Å². The van der Waals surface area contributed by atoms with Gasteiger partial charge in [0.2, 0.25) is 0 Å². The highest BCUT2D eigenvalue weighted by Gasteiger charge is 2.14. The molecule has 0 saturated carbocycles. The second-order valence-electron chi connectivity index (χ2n) is 5.21. The van der Waals surface area contributed by atoms with E-state index in [4.69, 9.17) is 18.9 Å². The Hall–Kier alpha value is -2.73. The van der Waals surface area contributed by atoms with E-state index in [0.717, 1.165) is 11.8 Å². The van der Waals surface area contributed by atoms with Crippen molar-refractivity contribution in [3.63, 3.8) is 0 Å². The van der Waals surface area contributed by atoms with Crippen LogP contribution in [0.25, 0.3) is 0 Å². The van der Waals surface area contributed by atoms with Crippen LogP contribution in [-0.2, 0) is 0 Å². The number of para-hydroxylation sites is 2. The Balaban J connectivity index is 0.000000263. The number of aldehydes is 1. The fraction of sp³-hybridized carbons (Fsp3) is 0.350. The molecule has 1 unspecified atom stereocenters. The SMILES string of the molecule is CCC(O)c1cccc(OC)c1OC.COc1cccc(C=O)c1OC. The van der Waals surface area contributed by atoms with Gasteiger partial charge in [-0.2, -0.15) is 0 Å². The zero-order valence-corrected chi connectivity index (χ0v) is 15.8. The van der Waals surface area contributed by atoms with E-state index in [1.807, 2.05) is 25.1 Å². The minimum absolute atomic E-state index is 0.481. The molecule has 6 heteroatoms. The molecule has 2 aromatic rings. The minimum Gasteiger partial charge on any atom is -0.493 e. The van der Waals surface area contributed by atoms with Crippen LogP contribution < -0.4 is 18.9 Å². The first-order valence-corrected chi connectivity index (χ1v) is 8.12. The van der Waals surface area contributed by atoms with Crippen molar-refractivity contribution in [1.29, 1.82) is 0 Å². The number of methoxy groups -OCH3 is 4. The van der Waals surface area contributed by atoms with Crippen molar-refractivity contribution < 1.29 is 28.8 Å². The van der Waals surface area contributed by atoms with Crippen LogP contribution in [-0.4, -0.2) is 39.8 Å². The normalized spacial score (nSPS) is 10.8. The maximum Gasteiger partial charge on any atom is 0.171 e. The average Bonchev–Trinajstić information content (AvgIpc) is 2.71. The van der Waals surface area contributed by atoms with Crippen LogP contribution in [0.5, 0.6) is 23.0 Å². The molecular weight excluding hydrogens is 336 g/mol. The molecule has 1 atom stereocenters. The number of carbonyl (C=O) groups excluding carboxylic acids is 1. The van der Waals surface area contributed by atoms with E-state index in [1.165, 1.54) is 14.2 Å². The van der Waals surface area contributed by atoms with E-state index in [-0.39, 0.29) is 0 Å². The first-order chi connectivity index (χ1) is 12.6. The molecule has 0 aromatic heterocycles. The zero-order chi connectivity index (χ0) is 19.5. The summed E-state index contributed by atoms with van der Waals surface area (Å²) in [5.74, 6) is 2.32. The van der Waals surface area contributed by atoms with Gasteiger partial charge in [0.1, 0.15) is 0 Å². The summed E-state index contributed by atoms with van der Waals surface area (Å²) in [5.41, 5.74) is 1.27. The van der Waals surface area contributed by atoms with E-state index >= 15 is 0 Å². The zero-order valence-electron chi connectivity index (χ0n) is 15.8. The van der Waals surface area contributed by atoms with Crippen LogP contribution in [0.1, 0.15) is 35.4 Å². The molecule has 0 aliphatic heterocycles.